The van der Waals surface area contributed by atoms with Gasteiger partial charge in [0.2, 0.25) is 6.79 Å². The van der Waals surface area contributed by atoms with E-state index in [9.17, 15) is 4.79 Å². The van der Waals surface area contributed by atoms with E-state index in [1.54, 1.807) is 13.8 Å². The zero-order valence-electron chi connectivity index (χ0n) is 13.2. The lowest BCUT2D eigenvalue weighted by molar-refractivity contribution is 0.0788. The first-order valence-electron chi connectivity index (χ1n) is 7.75. The Morgan fingerprint density at radius 1 is 1.26 bits per heavy atom. The molecule has 1 aromatic carbocycles. The molecule has 1 fully saturated rings. The monoisotopic (exact) mass is 314 g/mol. The number of ether oxygens (including phenoxy) is 2. The van der Waals surface area contributed by atoms with Crippen LogP contribution in [-0.4, -0.2) is 35.8 Å². The maximum atomic E-state index is 12.7. The molecule has 1 unspecified atom stereocenters. The van der Waals surface area contributed by atoms with Crippen molar-refractivity contribution in [2.45, 2.75) is 26.2 Å². The normalized spacial score (nSPS) is 19.4. The van der Waals surface area contributed by atoms with Crippen LogP contribution in [0.25, 0.3) is 0 Å². The highest BCUT2D eigenvalue weighted by Gasteiger charge is 2.31. The van der Waals surface area contributed by atoms with E-state index in [0.717, 1.165) is 24.5 Å². The van der Waals surface area contributed by atoms with E-state index in [-0.39, 0.29) is 12.7 Å². The van der Waals surface area contributed by atoms with Crippen LogP contribution >= 0.6 is 0 Å². The Morgan fingerprint density at radius 2 is 2.09 bits per heavy atom. The summed E-state index contributed by atoms with van der Waals surface area (Å²) in [5.41, 5.74) is 2.43. The Labute approximate surface area is 134 Å². The standard InChI is InChI=1S/C17H18N2O4/c1-10-16(11(2)23-18-10)17(20)19-6-5-13(8-19)12-3-4-14-15(7-12)22-9-21-14/h3-4,7,13H,5-6,8-9H2,1-2H3. The largest absolute Gasteiger partial charge is 0.454 e. The van der Waals surface area contributed by atoms with Crippen LogP contribution in [0.4, 0.5) is 0 Å². The lowest BCUT2D eigenvalue weighted by Crippen LogP contribution is -2.29. The number of rotatable bonds is 2. The zero-order valence-corrected chi connectivity index (χ0v) is 13.2. The van der Waals surface area contributed by atoms with Gasteiger partial charge in [-0.1, -0.05) is 11.2 Å². The average molecular weight is 314 g/mol. The van der Waals surface area contributed by atoms with Crippen LogP contribution in [0.15, 0.2) is 22.7 Å². The van der Waals surface area contributed by atoms with Gasteiger partial charge in [-0.15, -0.1) is 0 Å². The minimum atomic E-state index is 0.00416. The molecular weight excluding hydrogens is 296 g/mol. The fourth-order valence-electron chi connectivity index (χ4n) is 3.33. The number of nitrogens with zero attached hydrogens (tertiary/aromatic N) is 2. The molecule has 0 spiro atoms. The van der Waals surface area contributed by atoms with Gasteiger partial charge in [-0.25, -0.2) is 0 Å². The number of amides is 1. The first-order valence-corrected chi connectivity index (χ1v) is 7.75. The predicted octanol–water partition coefficient (Wildman–Crippen LogP) is 2.65. The smallest absolute Gasteiger partial charge is 0.259 e. The highest BCUT2D eigenvalue weighted by molar-refractivity contribution is 5.96. The quantitative estimate of drug-likeness (QED) is 0.852. The molecule has 1 saturated heterocycles. The average Bonchev–Trinajstić information content (AvgIpc) is 3.26. The van der Waals surface area contributed by atoms with Crippen LogP contribution in [0.1, 0.15) is 39.7 Å². The molecule has 3 heterocycles. The highest BCUT2D eigenvalue weighted by atomic mass is 16.7. The molecule has 0 bridgehead atoms. The number of aromatic nitrogens is 1. The van der Waals surface area contributed by atoms with Gasteiger partial charge in [0.15, 0.2) is 11.5 Å². The molecule has 6 heteroatoms. The molecule has 1 atom stereocenters. The number of hydrogen-bond acceptors (Lipinski definition) is 5. The van der Waals surface area contributed by atoms with Gasteiger partial charge in [-0.3, -0.25) is 4.79 Å². The fraction of sp³-hybridized carbons (Fsp3) is 0.412. The maximum Gasteiger partial charge on any atom is 0.259 e. The number of fused-ring (bicyclic) bond motifs is 1. The Balaban J connectivity index is 1.52. The van der Waals surface area contributed by atoms with Gasteiger partial charge in [0, 0.05) is 19.0 Å². The molecule has 120 valence electrons. The molecule has 1 aromatic heterocycles. The molecular formula is C17H18N2O4. The minimum Gasteiger partial charge on any atom is -0.454 e. The van der Waals surface area contributed by atoms with Crippen molar-refractivity contribution in [3.05, 3.63) is 40.8 Å². The van der Waals surface area contributed by atoms with Gasteiger partial charge in [0.1, 0.15) is 11.3 Å². The Kier molecular flexibility index (Phi) is 3.25. The van der Waals surface area contributed by atoms with Crippen LogP contribution in [0.3, 0.4) is 0 Å². The Morgan fingerprint density at radius 3 is 2.87 bits per heavy atom. The lowest BCUT2D eigenvalue weighted by atomic mass is 9.98. The molecule has 23 heavy (non-hydrogen) atoms. The van der Waals surface area contributed by atoms with E-state index in [4.69, 9.17) is 14.0 Å². The molecule has 0 N–H and O–H groups in total. The van der Waals surface area contributed by atoms with Gasteiger partial charge < -0.3 is 18.9 Å². The van der Waals surface area contributed by atoms with E-state index in [2.05, 4.69) is 11.2 Å². The Bertz CT molecular complexity index is 748. The van der Waals surface area contributed by atoms with Crippen LogP contribution in [0, 0.1) is 13.8 Å². The summed E-state index contributed by atoms with van der Waals surface area (Å²) >= 11 is 0. The number of hydrogen-bond donors (Lipinski definition) is 0. The number of carbonyl (C=O) groups excluding carboxylic acids is 1. The molecule has 2 aliphatic rings. The van der Waals surface area contributed by atoms with Crippen molar-refractivity contribution < 1.29 is 18.8 Å². The second-order valence-electron chi connectivity index (χ2n) is 6.05. The summed E-state index contributed by atoms with van der Waals surface area (Å²) in [5.74, 6) is 2.48. The summed E-state index contributed by atoms with van der Waals surface area (Å²) in [7, 11) is 0. The summed E-state index contributed by atoms with van der Waals surface area (Å²) < 4.78 is 15.9. The van der Waals surface area contributed by atoms with Crippen molar-refractivity contribution >= 4 is 5.91 Å². The van der Waals surface area contributed by atoms with E-state index in [0.29, 0.717) is 29.5 Å². The molecule has 0 saturated carbocycles. The summed E-state index contributed by atoms with van der Waals surface area (Å²) in [6, 6.07) is 6.02. The van der Waals surface area contributed by atoms with Gasteiger partial charge in [0.25, 0.3) is 5.91 Å². The van der Waals surface area contributed by atoms with Gasteiger partial charge in [-0.05, 0) is 38.0 Å². The number of aryl methyl sites for hydroxylation is 2. The van der Waals surface area contributed by atoms with Crippen LogP contribution in [-0.2, 0) is 0 Å². The third kappa shape index (κ3) is 2.34. The molecule has 2 aromatic rings. The summed E-state index contributed by atoms with van der Waals surface area (Å²) in [5, 5.41) is 3.87. The SMILES string of the molecule is Cc1noc(C)c1C(=O)N1CCC(c2ccc3c(c2)OCO3)C1. The van der Waals surface area contributed by atoms with Crippen LogP contribution < -0.4 is 9.47 Å². The minimum absolute atomic E-state index is 0.00416. The second kappa shape index (κ2) is 5.30. The van der Waals surface area contributed by atoms with Crippen molar-refractivity contribution in [1.82, 2.24) is 10.1 Å². The summed E-state index contributed by atoms with van der Waals surface area (Å²) in [6.07, 6.45) is 0.939. The lowest BCUT2D eigenvalue weighted by Gasteiger charge is -2.16. The van der Waals surface area contributed by atoms with Gasteiger partial charge in [0.05, 0.1) is 5.69 Å². The number of carbonyl (C=O) groups is 1. The van der Waals surface area contributed by atoms with Gasteiger partial charge >= 0.3 is 0 Å². The van der Waals surface area contributed by atoms with Crippen LogP contribution in [0.5, 0.6) is 11.5 Å². The first kappa shape index (κ1) is 14.1. The molecule has 0 aliphatic carbocycles. The number of benzene rings is 1. The van der Waals surface area contributed by atoms with E-state index >= 15 is 0 Å². The van der Waals surface area contributed by atoms with Gasteiger partial charge in [-0.2, -0.15) is 0 Å². The van der Waals surface area contributed by atoms with E-state index in [1.165, 1.54) is 5.56 Å². The topological polar surface area (TPSA) is 64.8 Å². The Hall–Kier alpha value is -2.50. The molecule has 4 rings (SSSR count). The molecule has 1 amide bonds. The molecule has 2 aliphatic heterocycles. The van der Waals surface area contributed by atoms with Crippen molar-refractivity contribution in [1.29, 1.82) is 0 Å². The van der Waals surface area contributed by atoms with Crippen molar-refractivity contribution in [3.63, 3.8) is 0 Å². The zero-order chi connectivity index (χ0) is 16.0. The second-order valence-corrected chi connectivity index (χ2v) is 6.05. The predicted molar refractivity (Wildman–Crippen MR) is 81.8 cm³/mol. The van der Waals surface area contributed by atoms with Crippen molar-refractivity contribution in [2.75, 3.05) is 19.9 Å². The third-order valence-electron chi connectivity index (χ3n) is 4.59. The maximum absolute atomic E-state index is 12.7. The van der Waals surface area contributed by atoms with Crippen molar-refractivity contribution in [3.8, 4) is 11.5 Å². The van der Waals surface area contributed by atoms with E-state index in [1.807, 2.05) is 17.0 Å². The van der Waals surface area contributed by atoms with Crippen LogP contribution in [0.2, 0.25) is 0 Å². The number of likely N-dealkylation sites (tertiary alicyclic amines) is 1. The third-order valence-corrected chi connectivity index (χ3v) is 4.59. The molecule has 0 radical (unpaired) electrons. The highest BCUT2D eigenvalue weighted by Crippen LogP contribution is 2.37. The van der Waals surface area contributed by atoms with Crippen molar-refractivity contribution in [2.24, 2.45) is 0 Å². The summed E-state index contributed by atoms with van der Waals surface area (Å²) in [4.78, 5) is 14.6. The van der Waals surface area contributed by atoms with E-state index < -0.39 is 0 Å². The first-order chi connectivity index (χ1) is 11.1. The fourth-order valence-corrected chi connectivity index (χ4v) is 3.33. The molecule has 6 nitrogen and oxygen atoms in total. The summed E-state index contributed by atoms with van der Waals surface area (Å²) in [6.45, 7) is 5.29.